The van der Waals surface area contributed by atoms with Gasteiger partial charge < -0.3 is 10.1 Å². The largest absolute Gasteiger partial charge is 0.376 e. The second-order valence-electron chi connectivity index (χ2n) is 4.70. The van der Waals surface area contributed by atoms with Crippen LogP contribution in [0.4, 0.5) is 5.82 Å². The lowest BCUT2D eigenvalue weighted by Gasteiger charge is -2.00. The third-order valence-corrected chi connectivity index (χ3v) is 3.40. The molecule has 0 N–H and O–H groups in total. The Labute approximate surface area is 130 Å². The lowest BCUT2D eigenvalue weighted by atomic mass is 10.1. The zero-order valence-electron chi connectivity index (χ0n) is 11.6. The molecule has 3 aromatic rings. The lowest BCUT2D eigenvalue weighted by molar-refractivity contribution is -0.391. The van der Waals surface area contributed by atoms with Gasteiger partial charge in [-0.25, -0.2) is 0 Å². The van der Waals surface area contributed by atoms with Crippen molar-refractivity contribution in [3.63, 3.8) is 0 Å². The van der Waals surface area contributed by atoms with E-state index in [9.17, 15) is 10.1 Å². The van der Waals surface area contributed by atoms with Crippen molar-refractivity contribution >= 4 is 34.7 Å². The van der Waals surface area contributed by atoms with Gasteiger partial charge in [0.05, 0.1) is 0 Å². The van der Waals surface area contributed by atoms with E-state index in [1.54, 1.807) is 18.2 Å². The molecule has 7 heteroatoms. The standard InChI is InChI=1S/C15H11ClN4O2/c1-10(11-5-3-2-4-6-11)9-12-15(20(21)22)19-14(17-12)8-7-13(16)18-19/h2-9H,1H3/b10-9+. The molecule has 6 nitrogen and oxygen atoms in total. The van der Waals surface area contributed by atoms with Crippen LogP contribution in [0.2, 0.25) is 5.15 Å². The van der Waals surface area contributed by atoms with Gasteiger partial charge in [-0.3, -0.25) is 0 Å². The minimum absolute atomic E-state index is 0.170. The number of imidazole rings is 1. The fourth-order valence-corrected chi connectivity index (χ4v) is 2.31. The first-order chi connectivity index (χ1) is 10.6. The maximum atomic E-state index is 11.4. The van der Waals surface area contributed by atoms with E-state index in [2.05, 4.69) is 10.1 Å². The summed E-state index contributed by atoms with van der Waals surface area (Å²) in [6, 6.07) is 12.7. The highest BCUT2D eigenvalue weighted by molar-refractivity contribution is 6.29. The number of nitrogens with zero attached hydrogens (tertiary/aromatic N) is 4. The summed E-state index contributed by atoms with van der Waals surface area (Å²) in [4.78, 5) is 15.1. The van der Waals surface area contributed by atoms with Gasteiger partial charge in [0, 0.05) is 6.07 Å². The van der Waals surface area contributed by atoms with Crippen LogP contribution in [0.1, 0.15) is 18.2 Å². The summed E-state index contributed by atoms with van der Waals surface area (Å²) in [5.74, 6) is -0.201. The van der Waals surface area contributed by atoms with Gasteiger partial charge in [-0.1, -0.05) is 51.5 Å². The highest BCUT2D eigenvalue weighted by Crippen LogP contribution is 2.25. The summed E-state index contributed by atoms with van der Waals surface area (Å²) < 4.78 is 1.15. The van der Waals surface area contributed by atoms with E-state index in [0.717, 1.165) is 15.7 Å². The molecular formula is C15H11ClN4O2. The maximum Gasteiger partial charge on any atom is 0.376 e. The summed E-state index contributed by atoms with van der Waals surface area (Å²) in [5, 5.41) is 15.5. The van der Waals surface area contributed by atoms with Crippen LogP contribution in [0, 0.1) is 10.1 Å². The number of fused-ring (bicyclic) bond motifs is 1. The maximum absolute atomic E-state index is 11.4. The van der Waals surface area contributed by atoms with Crippen molar-refractivity contribution in [1.29, 1.82) is 0 Å². The lowest BCUT2D eigenvalue weighted by Crippen LogP contribution is -1.99. The van der Waals surface area contributed by atoms with E-state index in [4.69, 9.17) is 11.6 Å². The highest BCUT2D eigenvalue weighted by Gasteiger charge is 2.23. The van der Waals surface area contributed by atoms with E-state index in [-0.39, 0.29) is 16.7 Å². The molecule has 0 radical (unpaired) electrons. The van der Waals surface area contributed by atoms with Gasteiger partial charge in [0.25, 0.3) is 0 Å². The van der Waals surface area contributed by atoms with Crippen LogP contribution in [-0.2, 0) is 0 Å². The normalized spacial score (nSPS) is 11.8. The number of benzene rings is 1. The molecule has 0 bridgehead atoms. The van der Waals surface area contributed by atoms with Crippen LogP contribution in [0.15, 0.2) is 42.5 Å². The molecule has 0 aliphatic rings. The molecule has 0 atom stereocenters. The van der Waals surface area contributed by atoms with Gasteiger partial charge in [-0.05, 0) is 35.1 Å². The Balaban J connectivity index is 2.18. The number of halogens is 1. The average molecular weight is 315 g/mol. The molecule has 2 heterocycles. The molecule has 0 amide bonds. The van der Waals surface area contributed by atoms with Crippen molar-refractivity contribution in [1.82, 2.24) is 14.6 Å². The van der Waals surface area contributed by atoms with Crippen LogP contribution in [0.3, 0.4) is 0 Å². The van der Waals surface area contributed by atoms with Gasteiger partial charge in [0.15, 0.2) is 10.8 Å². The predicted molar refractivity (Wildman–Crippen MR) is 84.6 cm³/mol. The summed E-state index contributed by atoms with van der Waals surface area (Å²) >= 11 is 5.81. The Hall–Kier alpha value is -2.73. The number of aromatic nitrogens is 3. The van der Waals surface area contributed by atoms with Crippen molar-refractivity contribution in [2.75, 3.05) is 0 Å². The summed E-state index contributed by atoms with van der Waals surface area (Å²) in [6.07, 6.45) is 1.68. The Morgan fingerprint density at radius 2 is 2.00 bits per heavy atom. The molecule has 0 aliphatic carbocycles. The molecule has 22 heavy (non-hydrogen) atoms. The Bertz CT molecular complexity index is 887. The molecule has 3 rings (SSSR count). The minimum Gasteiger partial charge on any atom is -0.358 e. The molecule has 1 aromatic carbocycles. The van der Waals surface area contributed by atoms with E-state index >= 15 is 0 Å². The van der Waals surface area contributed by atoms with Gasteiger partial charge in [0.2, 0.25) is 5.65 Å². The molecule has 0 saturated heterocycles. The minimum atomic E-state index is -0.507. The smallest absolute Gasteiger partial charge is 0.358 e. The molecular weight excluding hydrogens is 304 g/mol. The first-order valence-electron chi connectivity index (χ1n) is 6.49. The van der Waals surface area contributed by atoms with Crippen molar-refractivity contribution in [3.8, 4) is 0 Å². The number of nitro groups is 1. The number of allylic oxidation sites excluding steroid dienone is 1. The van der Waals surface area contributed by atoms with E-state index in [1.807, 2.05) is 37.3 Å². The second-order valence-corrected chi connectivity index (χ2v) is 5.08. The van der Waals surface area contributed by atoms with E-state index < -0.39 is 4.92 Å². The van der Waals surface area contributed by atoms with Crippen molar-refractivity contribution in [2.45, 2.75) is 6.92 Å². The zero-order valence-corrected chi connectivity index (χ0v) is 12.4. The molecule has 0 unspecified atom stereocenters. The first-order valence-corrected chi connectivity index (χ1v) is 6.87. The van der Waals surface area contributed by atoms with E-state index in [0.29, 0.717) is 5.65 Å². The topological polar surface area (TPSA) is 73.3 Å². The van der Waals surface area contributed by atoms with Crippen molar-refractivity contribution in [2.24, 2.45) is 0 Å². The molecule has 0 saturated carbocycles. The monoisotopic (exact) mass is 314 g/mol. The van der Waals surface area contributed by atoms with E-state index in [1.165, 1.54) is 0 Å². The van der Waals surface area contributed by atoms with Crippen molar-refractivity contribution in [3.05, 3.63) is 69.0 Å². The molecule has 0 spiro atoms. The fourth-order valence-electron chi connectivity index (χ4n) is 2.17. The summed E-state index contributed by atoms with van der Waals surface area (Å²) in [5.41, 5.74) is 2.47. The quantitative estimate of drug-likeness (QED) is 0.543. The van der Waals surface area contributed by atoms with Crippen LogP contribution < -0.4 is 0 Å². The molecule has 2 aromatic heterocycles. The summed E-state index contributed by atoms with van der Waals surface area (Å²) in [6.45, 7) is 1.88. The predicted octanol–water partition coefficient (Wildman–Crippen LogP) is 3.85. The first kappa shape index (κ1) is 14.2. The average Bonchev–Trinajstić information content (AvgIpc) is 2.85. The molecule has 110 valence electrons. The second kappa shape index (κ2) is 5.57. The Kier molecular flexibility index (Phi) is 3.60. The highest BCUT2D eigenvalue weighted by atomic mass is 35.5. The van der Waals surface area contributed by atoms with Crippen LogP contribution in [0.5, 0.6) is 0 Å². The SMILES string of the molecule is C/C(=C\c1nc2ccc(Cl)nn2c1[N+](=O)[O-])c1ccccc1. The van der Waals surface area contributed by atoms with Gasteiger partial charge in [-0.2, -0.15) is 4.98 Å². The van der Waals surface area contributed by atoms with Crippen LogP contribution >= 0.6 is 11.6 Å². The van der Waals surface area contributed by atoms with Crippen LogP contribution in [0.25, 0.3) is 17.3 Å². The number of hydrogen-bond acceptors (Lipinski definition) is 4. The van der Waals surface area contributed by atoms with Gasteiger partial charge in [-0.15, -0.1) is 0 Å². The van der Waals surface area contributed by atoms with Gasteiger partial charge >= 0.3 is 5.82 Å². The third-order valence-electron chi connectivity index (χ3n) is 3.20. The van der Waals surface area contributed by atoms with Crippen molar-refractivity contribution < 1.29 is 4.92 Å². The third kappa shape index (κ3) is 2.56. The number of rotatable bonds is 3. The summed E-state index contributed by atoms with van der Waals surface area (Å²) in [7, 11) is 0. The Morgan fingerprint density at radius 1 is 1.27 bits per heavy atom. The van der Waals surface area contributed by atoms with Crippen LogP contribution in [-0.4, -0.2) is 19.5 Å². The van der Waals surface area contributed by atoms with Gasteiger partial charge in [0.1, 0.15) is 0 Å². The fraction of sp³-hybridized carbons (Fsp3) is 0.0667. The molecule has 0 fully saturated rings. The molecule has 0 aliphatic heterocycles. The number of hydrogen-bond donors (Lipinski definition) is 0. The zero-order chi connectivity index (χ0) is 15.7. The Morgan fingerprint density at radius 3 is 2.68 bits per heavy atom.